The summed E-state index contributed by atoms with van der Waals surface area (Å²) in [7, 11) is 1.67. The molecule has 2 rings (SSSR count). The highest BCUT2D eigenvalue weighted by Crippen LogP contribution is 2.27. The van der Waals surface area contributed by atoms with Crippen LogP contribution in [0.15, 0.2) is 0 Å². The van der Waals surface area contributed by atoms with Gasteiger partial charge >= 0.3 is 0 Å². The molecule has 0 bridgehead atoms. The molecule has 1 amide bonds. The molecule has 0 aromatic heterocycles. The van der Waals surface area contributed by atoms with E-state index in [2.05, 4.69) is 22.5 Å². The summed E-state index contributed by atoms with van der Waals surface area (Å²) < 4.78 is 5.24. The van der Waals surface area contributed by atoms with Crippen LogP contribution in [0, 0.1) is 5.41 Å². The Balaban J connectivity index is 0.00000200. The Morgan fingerprint density at radius 2 is 2.25 bits per heavy atom. The van der Waals surface area contributed by atoms with Gasteiger partial charge in [-0.3, -0.25) is 9.69 Å². The van der Waals surface area contributed by atoms with Gasteiger partial charge in [0, 0.05) is 32.8 Å². The van der Waals surface area contributed by atoms with Crippen molar-refractivity contribution in [2.24, 2.45) is 5.41 Å². The second-order valence-electron chi connectivity index (χ2n) is 5.76. The van der Waals surface area contributed by atoms with Crippen molar-refractivity contribution in [3.05, 3.63) is 0 Å². The van der Waals surface area contributed by atoms with E-state index in [4.69, 9.17) is 4.74 Å². The molecule has 1 saturated carbocycles. The molecule has 1 unspecified atom stereocenters. The lowest BCUT2D eigenvalue weighted by Gasteiger charge is -2.27. The van der Waals surface area contributed by atoms with Crippen molar-refractivity contribution in [1.29, 1.82) is 0 Å². The molecule has 1 aliphatic carbocycles. The molecule has 0 aromatic carbocycles. The number of ether oxygens (including phenoxy) is 1. The fraction of sp³-hybridized carbons (Fsp3) is 0.929. The van der Waals surface area contributed by atoms with Gasteiger partial charge < -0.3 is 15.4 Å². The Hall–Kier alpha value is -0.360. The zero-order valence-electron chi connectivity index (χ0n) is 12.6. The first-order valence-corrected chi connectivity index (χ1v) is 7.44. The quantitative estimate of drug-likeness (QED) is 0.691. The van der Waals surface area contributed by atoms with E-state index in [0.29, 0.717) is 6.61 Å². The highest BCUT2D eigenvalue weighted by Gasteiger charge is 2.41. The number of nitrogens with zero attached hydrogens (tertiary/aromatic N) is 1. The van der Waals surface area contributed by atoms with E-state index in [9.17, 15) is 4.79 Å². The number of rotatable bonds is 8. The van der Waals surface area contributed by atoms with Gasteiger partial charge in [0.25, 0.3) is 0 Å². The second kappa shape index (κ2) is 8.17. The Labute approximate surface area is 128 Å². The van der Waals surface area contributed by atoms with Crippen molar-refractivity contribution in [3.8, 4) is 0 Å². The molecular weight excluding hydrogens is 278 g/mol. The van der Waals surface area contributed by atoms with E-state index in [1.54, 1.807) is 7.11 Å². The van der Waals surface area contributed by atoms with Crippen molar-refractivity contribution in [2.45, 2.75) is 32.2 Å². The number of hydrogen-bond acceptors (Lipinski definition) is 4. The minimum atomic E-state index is -0.356. The molecule has 2 aliphatic rings. The fourth-order valence-corrected chi connectivity index (χ4v) is 2.94. The number of methoxy groups -OCH3 is 1. The van der Waals surface area contributed by atoms with Crippen LogP contribution in [0.5, 0.6) is 0 Å². The van der Waals surface area contributed by atoms with E-state index in [1.165, 1.54) is 12.8 Å². The molecule has 2 N–H and O–H groups in total. The van der Waals surface area contributed by atoms with Gasteiger partial charge in [0.2, 0.25) is 5.91 Å². The first-order valence-electron chi connectivity index (χ1n) is 7.44. The maximum atomic E-state index is 12.4. The van der Waals surface area contributed by atoms with Gasteiger partial charge in [0.1, 0.15) is 0 Å². The average molecular weight is 306 g/mol. The predicted molar refractivity (Wildman–Crippen MR) is 82.3 cm³/mol. The molecule has 1 atom stereocenters. The van der Waals surface area contributed by atoms with Crippen LogP contribution in [0.3, 0.4) is 0 Å². The summed E-state index contributed by atoms with van der Waals surface area (Å²) in [5, 5.41) is 6.36. The van der Waals surface area contributed by atoms with Gasteiger partial charge in [-0.2, -0.15) is 0 Å². The number of carbonyl (C=O) groups is 1. The van der Waals surface area contributed by atoms with Crippen LogP contribution in [0.4, 0.5) is 0 Å². The van der Waals surface area contributed by atoms with E-state index in [-0.39, 0.29) is 23.7 Å². The molecule has 1 heterocycles. The molecular formula is C14H28ClN3O2. The molecule has 0 spiro atoms. The van der Waals surface area contributed by atoms with Crippen LogP contribution in [0.25, 0.3) is 0 Å². The summed E-state index contributed by atoms with van der Waals surface area (Å²) in [6.45, 7) is 7.11. The summed E-state index contributed by atoms with van der Waals surface area (Å²) in [5.41, 5.74) is -0.356. The van der Waals surface area contributed by atoms with E-state index >= 15 is 0 Å². The fourth-order valence-electron chi connectivity index (χ4n) is 2.94. The Bertz CT molecular complexity index is 305. The molecule has 6 heteroatoms. The molecule has 20 heavy (non-hydrogen) atoms. The smallest absolute Gasteiger partial charge is 0.229 e. The van der Waals surface area contributed by atoms with Gasteiger partial charge in [0.15, 0.2) is 0 Å². The van der Waals surface area contributed by atoms with E-state index < -0.39 is 0 Å². The number of hydrogen-bond donors (Lipinski definition) is 2. The third-order valence-corrected chi connectivity index (χ3v) is 4.30. The lowest BCUT2D eigenvalue weighted by Crippen LogP contribution is -2.47. The molecule has 118 valence electrons. The highest BCUT2D eigenvalue weighted by molar-refractivity contribution is 5.85. The lowest BCUT2D eigenvalue weighted by atomic mass is 9.87. The Morgan fingerprint density at radius 3 is 2.75 bits per heavy atom. The number of nitrogens with one attached hydrogen (secondary N) is 2. The van der Waals surface area contributed by atoms with Gasteiger partial charge in [-0.05, 0) is 32.4 Å². The molecule has 0 radical (unpaired) electrons. The van der Waals surface area contributed by atoms with Crippen molar-refractivity contribution >= 4 is 18.3 Å². The lowest BCUT2D eigenvalue weighted by molar-refractivity contribution is -0.133. The van der Waals surface area contributed by atoms with E-state index in [0.717, 1.165) is 45.2 Å². The van der Waals surface area contributed by atoms with Crippen molar-refractivity contribution in [2.75, 3.05) is 46.4 Å². The normalized spacial score (nSPS) is 25.6. The van der Waals surface area contributed by atoms with Crippen LogP contribution in [0.1, 0.15) is 26.2 Å². The van der Waals surface area contributed by atoms with Crippen LogP contribution in [-0.2, 0) is 9.53 Å². The van der Waals surface area contributed by atoms with Crippen molar-refractivity contribution < 1.29 is 9.53 Å². The van der Waals surface area contributed by atoms with Gasteiger partial charge in [-0.15, -0.1) is 12.4 Å². The summed E-state index contributed by atoms with van der Waals surface area (Å²) in [4.78, 5) is 14.8. The van der Waals surface area contributed by atoms with Gasteiger partial charge in [-0.1, -0.05) is 6.92 Å². The number of carbonyl (C=O) groups excluding carboxylic acids is 1. The summed E-state index contributed by atoms with van der Waals surface area (Å²) in [6.07, 6.45) is 3.51. The maximum absolute atomic E-state index is 12.4. The molecule has 5 nitrogen and oxygen atoms in total. The van der Waals surface area contributed by atoms with Gasteiger partial charge in [0.05, 0.1) is 12.0 Å². The van der Waals surface area contributed by atoms with Crippen LogP contribution < -0.4 is 10.6 Å². The molecule has 1 saturated heterocycles. The third kappa shape index (κ3) is 4.32. The summed E-state index contributed by atoms with van der Waals surface area (Å²) >= 11 is 0. The van der Waals surface area contributed by atoms with Crippen LogP contribution in [-0.4, -0.2) is 63.3 Å². The highest BCUT2D eigenvalue weighted by atomic mass is 35.5. The Kier molecular flexibility index (Phi) is 7.23. The topological polar surface area (TPSA) is 53.6 Å². The third-order valence-electron chi connectivity index (χ3n) is 4.30. The first-order chi connectivity index (χ1) is 9.22. The maximum Gasteiger partial charge on any atom is 0.229 e. The SMILES string of the molecule is CCN(CCNC(=O)C1(COC)CCNC1)C1CC1.Cl. The van der Waals surface area contributed by atoms with E-state index in [1.807, 2.05) is 0 Å². The molecule has 0 aromatic rings. The van der Waals surface area contributed by atoms with Crippen LogP contribution in [0.2, 0.25) is 0 Å². The minimum absolute atomic E-state index is 0. The number of amides is 1. The monoisotopic (exact) mass is 305 g/mol. The zero-order valence-corrected chi connectivity index (χ0v) is 13.4. The number of halogens is 1. The minimum Gasteiger partial charge on any atom is -0.384 e. The first kappa shape index (κ1) is 17.7. The molecule has 2 fully saturated rings. The Morgan fingerprint density at radius 1 is 1.50 bits per heavy atom. The second-order valence-corrected chi connectivity index (χ2v) is 5.76. The zero-order chi connectivity index (χ0) is 13.7. The van der Waals surface area contributed by atoms with Gasteiger partial charge in [-0.25, -0.2) is 0 Å². The summed E-state index contributed by atoms with van der Waals surface area (Å²) in [6, 6.07) is 0.767. The average Bonchev–Trinajstić information content (AvgIpc) is 3.14. The van der Waals surface area contributed by atoms with Crippen LogP contribution >= 0.6 is 12.4 Å². The number of likely N-dealkylation sites (N-methyl/N-ethyl adjacent to an activating group) is 1. The summed E-state index contributed by atoms with van der Waals surface area (Å²) in [5.74, 6) is 0.145. The van der Waals surface area contributed by atoms with Crippen molar-refractivity contribution in [1.82, 2.24) is 15.5 Å². The molecule has 1 aliphatic heterocycles. The largest absolute Gasteiger partial charge is 0.384 e. The predicted octanol–water partition coefficient (Wildman–Crippen LogP) is 0.635. The standard InChI is InChI=1S/C14H27N3O2.ClH/c1-3-17(12-4-5-12)9-8-16-13(18)14(11-19-2)6-7-15-10-14;/h12,15H,3-11H2,1-2H3,(H,16,18);1H. The van der Waals surface area contributed by atoms with Crippen molar-refractivity contribution in [3.63, 3.8) is 0 Å².